The van der Waals surface area contributed by atoms with Crippen LogP contribution in [-0.4, -0.2) is 33.2 Å². The number of hydrogen-bond donors (Lipinski definition) is 1. The molecular formula is C24H27N3O3. The third-order valence-corrected chi connectivity index (χ3v) is 5.74. The lowest BCUT2D eigenvalue weighted by molar-refractivity contribution is -0.119. The van der Waals surface area contributed by atoms with Crippen LogP contribution in [0, 0.1) is 6.92 Å². The largest absolute Gasteiger partial charge is 0.396 e. The quantitative estimate of drug-likeness (QED) is 0.684. The monoisotopic (exact) mass is 405 g/mol. The van der Waals surface area contributed by atoms with Crippen LogP contribution < -0.4 is 10.5 Å². The van der Waals surface area contributed by atoms with Gasteiger partial charge in [0, 0.05) is 31.3 Å². The van der Waals surface area contributed by atoms with E-state index in [4.69, 9.17) is 4.98 Å². The molecule has 156 valence electrons. The summed E-state index contributed by atoms with van der Waals surface area (Å²) in [7, 11) is 0. The predicted molar refractivity (Wildman–Crippen MR) is 118 cm³/mol. The third kappa shape index (κ3) is 3.41. The highest BCUT2D eigenvalue weighted by Gasteiger charge is 2.39. The minimum atomic E-state index is -0.379. The van der Waals surface area contributed by atoms with E-state index in [9.17, 15) is 14.7 Å². The number of para-hydroxylation sites is 1. The fourth-order valence-corrected chi connectivity index (χ4v) is 4.33. The summed E-state index contributed by atoms with van der Waals surface area (Å²) in [6.45, 7) is 6.40. The number of benzene rings is 2. The Bertz CT molecular complexity index is 1170. The van der Waals surface area contributed by atoms with Crippen molar-refractivity contribution in [1.29, 1.82) is 0 Å². The summed E-state index contributed by atoms with van der Waals surface area (Å²) < 4.78 is 1.62. The second kappa shape index (κ2) is 8.03. The number of aromatic nitrogens is 2. The third-order valence-electron chi connectivity index (χ3n) is 5.74. The van der Waals surface area contributed by atoms with Crippen molar-refractivity contribution in [3.05, 3.63) is 69.8 Å². The second-order valence-corrected chi connectivity index (χ2v) is 8.20. The first-order valence-corrected chi connectivity index (χ1v) is 10.4. The van der Waals surface area contributed by atoms with Gasteiger partial charge in [0.25, 0.3) is 5.56 Å². The van der Waals surface area contributed by atoms with Gasteiger partial charge in [-0.1, -0.05) is 29.8 Å². The van der Waals surface area contributed by atoms with Crippen LogP contribution in [0.2, 0.25) is 0 Å². The van der Waals surface area contributed by atoms with E-state index in [1.165, 1.54) is 0 Å². The molecule has 2 aromatic carbocycles. The maximum absolute atomic E-state index is 13.4. The molecule has 4 rings (SSSR count). The number of carbonyl (C=O) groups excluding carboxylic acids is 1. The van der Waals surface area contributed by atoms with E-state index >= 15 is 0 Å². The van der Waals surface area contributed by atoms with E-state index in [0.29, 0.717) is 36.1 Å². The van der Waals surface area contributed by atoms with Crippen LogP contribution in [0.5, 0.6) is 0 Å². The summed E-state index contributed by atoms with van der Waals surface area (Å²) in [5.74, 6) is 0.251. The van der Waals surface area contributed by atoms with Gasteiger partial charge in [0.15, 0.2) is 0 Å². The lowest BCUT2D eigenvalue weighted by atomic mass is 9.95. The SMILES string of the molecule is Cc1ccc2c(c1)[C@H](Cc1nc3ccccc3c(=O)n1CCCO)C(=O)N2C(C)C. The number of aliphatic hydroxyl groups excluding tert-OH is 1. The van der Waals surface area contributed by atoms with Gasteiger partial charge in [-0.2, -0.15) is 0 Å². The molecule has 0 bridgehead atoms. The number of aryl methyl sites for hydroxylation is 1. The Balaban J connectivity index is 1.83. The zero-order chi connectivity index (χ0) is 21.4. The summed E-state index contributed by atoms with van der Waals surface area (Å²) in [6.07, 6.45) is 0.809. The number of carbonyl (C=O) groups is 1. The van der Waals surface area contributed by atoms with Gasteiger partial charge in [-0.05, 0) is 51.0 Å². The number of hydrogen-bond acceptors (Lipinski definition) is 4. The summed E-state index contributed by atoms with van der Waals surface area (Å²) in [6, 6.07) is 13.4. The lowest BCUT2D eigenvalue weighted by Gasteiger charge is -2.22. The average molecular weight is 405 g/mol. The van der Waals surface area contributed by atoms with E-state index < -0.39 is 0 Å². The van der Waals surface area contributed by atoms with E-state index in [1.807, 2.05) is 56.0 Å². The second-order valence-electron chi connectivity index (χ2n) is 8.20. The first-order chi connectivity index (χ1) is 14.4. The molecular weight excluding hydrogens is 378 g/mol. The van der Waals surface area contributed by atoms with Crippen molar-refractivity contribution >= 4 is 22.5 Å². The minimum Gasteiger partial charge on any atom is -0.396 e. The van der Waals surface area contributed by atoms with Gasteiger partial charge in [-0.25, -0.2) is 4.98 Å². The molecule has 1 atom stereocenters. The molecule has 6 heteroatoms. The van der Waals surface area contributed by atoms with Crippen LogP contribution in [0.4, 0.5) is 5.69 Å². The standard InChI is InChI=1S/C24H27N3O3/c1-15(2)27-21-10-9-16(3)13-18(21)19(24(27)30)14-22-25-20-8-5-4-7-17(20)23(29)26(22)11-6-12-28/h4-5,7-10,13,15,19,28H,6,11-12,14H2,1-3H3/t19-/m0/s1. The van der Waals surface area contributed by atoms with Gasteiger partial charge in [-0.15, -0.1) is 0 Å². The number of nitrogens with zero attached hydrogens (tertiary/aromatic N) is 3. The molecule has 0 saturated heterocycles. The number of rotatable bonds is 6. The topological polar surface area (TPSA) is 75.4 Å². The molecule has 1 amide bonds. The maximum Gasteiger partial charge on any atom is 0.261 e. The molecule has 0 radical (unpaired) electrons. The molecule has 1 N–H and O–H groups in total. The summed E-state index contributed by atoms with van der Waals surface area (Å²) in [5.41, 5.74) is 3.54. The zero-order valence-electron chi connectivity index (χ0n) is 17.6. The molecule has 0 unspecified atom stereocenters. The highest BCUT2D eigenvalue weighted by atomic mass is 16.3. The smallest absolute Gasteiger partial charge is 0.261 e. The van der Waals surface area contributed by atoms with E-state index in [2.05, 4.69) is 6.07 Å². The Morgan fingerprint density at radius 1 is 1.13 bits per heavy atom. The number of amides is 1. The van der Waals surface area contributed by atoms with Crippen LogP contribution in [0.25, 0.3) is 10.9 Å². The van der Waals surface area contributed by atoms with Crippen molar-refractivity contribution in [2.24, 2.45) is 0 Å². The van der Waals surface area contributed by atoms with Gasteiger partial charge in [0.2, 0.25) is 5.91 Å². The van der Waals surface area contributed by atoms with E-state index in [1.54, 1.807) is 10.6 Å². The molecule has 0 aliphatic carbocycles. The molecule has 1 aromatic heterocycles. The number of anilines is 1. The van der Waals surface area contributed by atoms with Crippen molar-refractivity contribution < 1.29 is 9.90 Å². The Hall–Kier alpha value is -2.99. The normalized spacial score (nSPS) is 16.0. The van der Waals surface area contributed by atoms with Crippen LogP contribution in [0.1, 0.15) is 43.1 Å². The van der Waals surface area contributed by atoms with E-state index in [0.717, 1.165) is 16.8 Å². The Labute approximate surface area is 175 Å². The molecule has 3 aromatic rings. The highest BCUT2D eigenvalue weighted by Crippen LogP contribution is 2.40. The zero-order valence-corrected chi connectivity index (χ0v) is 17.6. The first kappa shape index (κ1) is 20.3. The van der Waals surface area contributed by atoms with Crippen molar-refractivity contribution in [3.63, 3.8) is 0 Å². The molecule has 0 saturated carbocycles. The van der Waals surface area contributed by atoms with Gasteiger partial charge in [0.05, 0.1) is 16.8 Å². The Morgan fingerprint density at radius 2 is 1.90 bits per heavy atom. The molecule has 1 aliphatic heterocycles. The van der Waals surface area contributed by atoms with Crippen molar-refractivity contribution in [2.45, 2.75) is 52.1 Å². The van der Waals surface area contributed by atoms with Crippen LogP contribution in [-0.2, 0) is 17.8 Å². The van der Waals surface area contributed by atoms with Gasteiger partial charge in [-0.3, -0.25) is 14.2 Å². The Morgan fingerprint density at radius 3 is 2.63 bits per heavy atom. The van der Waals surface area contributed by atoms with Gasteiger partial charge in [0.1, 0.15) is 5.82 Å². The highest BCUT2D eigenvalue weighted by molar-refractivity contribution is 6.05. The van der Waals surface area contributed by atoms with Gasteiger partial charge < -0.3 is 10.0 Å². The predicted octanol–water partition coefficient (Wildman–Crippen LogP) is 3.17. The fraction of sp³-hybridized carbons (Fsp3) is 0.375. The average Bonchev–Trinajstić information content (AvgIpc) is 2.99. The summed E-state index contributed by atoms with van der Waals surface area (Å²) >= 11 is 0. The first-order valence-electron chi connectivity index (χ1n) is 10.4. The Kier molecular flexibility index (Phi) is 5.43. The van der Waals surface area contributed by atoms with Gasteiger partial charge >= 0.3 is 0 Å². The molecule has 2 heterocycles. The fourth-order valence-electron chi connectivity index (χ4n) is 4.33. The molecule has 6 nitrogen and oxygen atoms in total. The minimum absolute atomic E-state index is 0.00970. The van der Waals surface area contributed by atoms with Crippen LogP contribution >= 0.6 is 0 Å². The van der Waals surface area contributed by atoms with Crippen molar-refractivity contribution in [3.8, 4) is 0 Å². The van der Waals surface area contributed by atoms with Crippen molar-refractivity contribution in [1.82, 2.24) is 9.55 Å². The molecule has 30 heavy (non-hydrogen) atoms. The number of aliphatic hydroxyl groups is 1. The van der Waals surface area contributed by atoms with Crippen molar-refractivity contribution in [2.75, 3.05) is 11.5 Å². The lowest BCUT2D eigenvalue weighted by Crippen LogP contribution is -2.36. The summed E-state index contributed by atoms with van der Waals surface area (Å²) in [4.78, 5) is 33.1. The molecule has 0 spiro atoms. The number of fused-ring (bicyclic) bond motifs is 2. The molecule has 0 fully saturated rings. The summed E-state index contributed by atoms with van der Waals surface area (Å²) in [5, 5.41) is 9.86. The van der Waals surface area contributed by atoms with Crippen LogP contribution in [0.3, 0.4) is 0 Å². The van der Waals surface area contributed by atoms with E-state index in [-0.39, 0.29) is 30.0 Å². The van der Waals surface area contributed by atoms with Crippen LogP contribution in [0.15, 0.2) is 47.3 Å². The maximum atomic E-state index is 13.4. The molecule has 1 aliphatic rings.